The minimum atomic E-state index is -0.178. The SMILES string of the molecule is Cc1cc(C(N)c2ccc3c(c2)CC(=O)N3)ccc1Br. The van der Waals surface area contributed by atoms with Gasteiger partial charge in [-0.25, -0.2) is 0 Å². The van der Waals surface area contributed by atoms with Crippen LogP contribution in [0.5, 0.6) is 0 Å². The number of anilines is 1. The molecule has 2 aromatic rings. The van der Waals surface area contributed by atoms with Crippen LogP contribution in [0.4, 0.5) is 5.69 Å². The summed E-state index contributed by atoms with van der Waals surface area (Å²) in [7, 11) is 0. The van der Waals surface area contributed by atoms with Crippen molar-refractivity contribution in [2.75, 3.05) is 5.32 Å². The number of carbonyl (C=O) groups excluding carboxylic acids is 1. The maximum atomic E-state index is 11.4. The summed E-state index contributed by atoms with van der Waals surface area (Å²) in [5.41, 5.74) is 11.5. The lowest BCUT2D eigenvalue weighted by molar-refractivity contribution is -0.115. The quantitative estimate of drug-likeness (QED) is 0.887. The number of amides is 1. The highest BCUT2D eigenvalue weighted by Crippen LogP contribution is 2.29. The van der Waals surface area contributed by atoms with Crippen molar-refractivity contribution in [3.63, 3.8) is 0 Å². The third kappa shape index (κ3) is 2.37. The summed E-state index contributed by atoms with van der Waals surface area (Å²) < 4.78 is 1.08. The van der Waals surface area contributed by atoms with Crippen LogP contribution in [0.25, 0.3) is 0 Å². The molecule has 0 bridgehead atoms. The van der Waals surface area contributed by atoms with Crippen molar-refractivity contribution >= 4 is 27.5 Å². The van der Waals surface area contributed by atoms with Gasteiger partial charge in [-0.3, -0.25) is 4.79 Å². The number of hydrogen-bond acceptors (Lipinski definition) is 2. The highest BCUT2D eigenvalue weighted by Gasteiger charge is 2.19. The Morgan fingerprint density at radius 1 is 1.20 bits per heavy atom. The zero-order chi connectivity index (χ0) is 14.3. The summed E-state index contributed by atoms with van der Waals surface area (Å²) in [6, 6.07) is 11.9. The third-order valence-electron chi connectivity index (χ3n) is 3.65. The lowest BCUT2D eigenvalue weighted by Crippen LogP contribution is -2.12. The second-order valence-corrected chi connectivity index (χ2v) is 5.98. The molecule has 4 heteroatoms. The Bertz CT molecular complexity index is 697. The van der Waals surface area contributed by atoms with E-state index in [0.717, 1.165) is 32.4 Å². The minimum Gasteiger partial charge on any atom is -0.326 e. The smallest absolute Gasteiger partial charge is 0.228 e. The van der Waals surface area contributed by atoms with Gasteiger partial charge >= 0.3 is 0 Å². The molecule has 102 valence electrons. The van der Waals surface area contributed by atoms with Gasteiger partial charge < -0.3 is 11.1 Å². The average molecular weight is 331 g/mol. The fourth-order valence-corrected chi connectivity index (χ4v) is 2.74. The van der Waals surface area contributed by atoms with Crippen molar-refractivity contribution in [1.29, 1.82) is 0 Å². The molecule has 2 aromatic carbocycles. The summed E-state index contributed by atoms with van der Waals surface area (Å²) in [6.07, 6.45) is 0.440. The van der Waals surface area contributed by atoms with E-state index < -0.39 is 0 Å². The molecule has 3 N–H and O–H groups in total. The molecule has 0 radical (unpaired) electrons. The number of aryl methyl sites for hydroxylation is 1. The summed E-state index contributed by atoms with van der Waals surface area (Å²) in [4.78, 5) is 11.4. The van der Waals surface area contributed by atoms with E-state index in [9.17, 15) is 4.79 Å². The number of carbonyl (C=O) groups is 1. The van der Waals surface area contributed by atoms with Gasteiger partial charge in [0.05, 0.1) is 12.5 Å². The molecule has 3 rings (SSSR count). The Labute approximate surface area is 126 Å². The third-order valence-corrected chi connectivity index (χ3v) is 4.54. The molecule has 1 unspecified atom stereocenters. The molecular weight excluding hydrogens is 316 g/mol. The molecule has 1 atom stereocenters. The van der Waals surface area contributed by atoms with E-state index in [-0.39, 0.29) is 11.9 Å². The predicted molar refractivity (Wildman–Crippen MR) is 83.7 cm³/mol. The zero-order valence-corrected chi connectivity index (χ0v) is 12.7. The van der Waals surface area contributed by atoms with Gasteiger partial charge in [0.15, 0.2) is 0 Å². The molecule has 0 spiro atoms. The van der Waals surface area contributed by atoms with Gasteiger partial charge in [-0.2, -0.15) is 0 Å². The van der Waals surface area contributed by atoms with Crippen LogP contribution in [0.2, 0.25) is 0 Å². The van der Waals surface area contributed by atoms with Gasteiger partial charge in [-0.05, 0) is 41.3 Å². The molecule has 1 aliphatic heterocycles. The number of nitrogens with two attached hydrogens (primary N) is 1. The highest BCUT2D eigenvalue weighted by atomic mass is 79.9. The lowest BCUT2D eigenvalue weighted by Gasteiger charge is -2.15. The van der Waals surface area contributed by atoms with E-state index in [2.05, 4.69) is 27.3 Å². The Balaban J connectivity index is 1.94. The van der Waals surface area contributed by atoms with Gasteiger partial charge in [-0.15, -0.1) is 0 Å². The molecule has 1 aliphatic rings. The molecular formula is C16H15BrN2O. The van der Waals surface area contributed by atoms with Crippen LogP contribution in [0.15, 0.2) is 40.9 Å². The summed E-state index contributed by atoms with van der Waals surface area (Å²) in [5, 5.41) is 2.83. The van der Waals surface area contributed by atoms with E-state index in [1.807, 2.05) is 37.3 Å². The van der Waals surface area contributed by atoms with Crippen molar-refractivity contribution in [3.8, 4) is 0 Å². The van der Waals surface area contributed by atoms with Crippen LogP contribution >= 0.6 is 15.9 Å². The van der Waals surface area contributed by atoms with Crippen molar-refractivity contribution in [2.45, 2.75) is 19.4 Å². The van der Waals surface area contributed by atoms with Gasteiger partial charge in [0, 0.05) is 10.2 Å². The number of halogens is 1. The number of benzene rings is 2. The van der Waals surface area contributed by atoms with Crippen molar-refractivity contribution in [1.82, 2.24) is 0 Å². The van der Waals surface area contributed by atoms with Crippen molar-refractivity contribution < 1.29 is 4.79 Å². The highest BCUT2D eigenvalue weighted by molar-refractivity contribution is 9.10. The van der Waals surface area contributed by atoms with Crippen molar-refractivity contribution in [2.24, 2.45) is 5.73 Å². The number of nitrogens with one attached hydrogen (secondary N) is 1. The molecule has 0 aromatic heterocycles. The normalized spacial score (nSPS) is 14.8. The first-order chi connectivity index (χ1) is 9.54. The predicted octanol–water partition coefficient (Wildman–Crippen LogP) is 3.30. The van der Waals surface area contributed by atoms with Crippen LogP contribution < -0.4 is 11.1 Å². The molecule has 1 amide bonds. The lowest BCUT2D eigenvalue weighted by atomic mass is 9.96. The first-order valence-electron chi connectivity index (χ1n) is 6.49. The summed E-state index contributed by atoms with van der Waals surface area (Å²) in [6.45, 7) is 2.05. The van der Waals surface area contributed by atoms with E-state index >= 15 is 0 Å². The van der Waals surface area contributed by atoms with E-state index in [1.165, 1.54) is 0 Å². The number of hydrogen-bond donors (Lipinski definition) is 2. The topological polar surface area (TPSA) is 55.1 Å². The number of fused-ring (bicyclic) bond motifs is 1. The maximum absolute atomic E-state index is 11.4. The van der Waals surface area contributed by atoms with E-state index in [0.29, 0.717) is 6.42 Å². The molecule has 1 heterocycles. The first-order valence-corrected chi connectivity index (χ1v) is 7.28. The van der Waals surface area contributed by atoms with Gasteiger partial charge in [0.2, 0.25) is 5.91 Å². The average Bonchev–Trinajstić information content (AvgIpc) is 2.80. The van der Waals surface area contributed by atoms with Gasteiger partial charge in [0.1, 0.15) is 0 Å². The molecule has 0 fully saturated rings. The van der Waals surface area contributed by atoms with Gasteiger partial charge in [0.25, 0.3) is 0 Å². The second kappa shape index (κ2) is 5.04. The standard InChI is InChI=1S/C16H15BrN2O/c1-9-6-10(2-4-13(9)17)16(18)11-3-5-14-12(7-11)8-15(20)19-14/h2-7,16H,8,18H2,1H3,(H,19,20). The Kier molecular flexibility index (Phi) is 3.36. The summed E-state index contributed by atoms with van der Waals surface area (Å²) in [5.74, 6) is 0.0465. The number of rotatable bonds is 2. The molecule has 0 aliphatic carbocycles. The second-order valence-electron chi connectivity index (χ2n) is 5.13. The van der Waals surface area contributed by atoms with Crippen molar-refractivity contribution in [3.05, 3.63) is 63.1 Å². The zero-order valence-electron chi connectivity index (χ0n) is 11.1. The van der Waals surface area contributed by atoms with E-state index in [1.54, 1.807) is 0 Å². The molecule has 20 heavy (non-hydrogen) atoms. The fourth-order valence-electron chi connectivity index (χ4n) is 2.50. The minimum absolute atomic E-state index is 0.0465. The summed E-state index contributed by atoms with van der Waals surface area (Å²) >= 11 is 3.50. The maximum Gasteiger partial charge on any atom is 0.228 e. The monoisotopic (exact) mass is 330 g/mol. The first kappa shape index (κ1) is 13.3. The fraction of sp³-hybridized carbons (Fsp3) is 0.188. The van der Waals surface area contributed by atoms with Crippen LogP contribution in [0.3, 0.4) is 0 Å². The van der Waals surface area contributed by atoms with Crippen LogP contribution in [-0.2, 0) is 11.2 Å². The Morgan fingerprint density at radius 3 is 2.65 bits per heavy atom. The molecule has 0 saturated heterocycles. The van der Waals surface area contributed by atoms with Gasteiger partial charge in [-0.1, -0.05) is 40.2 Å². The van der Waals surface area contributed by atoms with Crippen LogP contribution in [0.1, 0.15) is 28.3 Å². The van der Waals surface area contributed by atoms with Crippen LogP contribution in [-0.4, -0.2) is 5.91 Å². The van der Waals surface area contributed by atoms with E-state index in [4.69, 9.17) is 5.73 Å². The molecule has 3 nitrogen and oxygen atoms in total. The molecule has 0 saturated carbocycles. The Morgan fingerprint density at radius 2 is 1.90 bits per heavy atom. The largest absolute Gasteiger partial charge is 0.326 e. The Hall–Kier alpha value is -1.65. The van der Waals surface area contributed by atoms with Crippen LogP contribution in [0, 0.1) is 6.92 Å².